The molecule has 1 aromatic carbocycles. The molecule has 0 saturated heterocycles. The van der Waals surface area contributed by atoms with E-state index >= 15 is 0 Å². The molecule has 2 heterocycles. The summed E-state index contributed by atoms with van der Waals surface area (Å²) < 4.78 is 7.13. The average Bonchev–Trinajstić information content (AvgIpc) is 3.19. The van der Waals surface area contributed by atoms with Crippen LogP contribution in [-0.2, 0) is 13.6 Å². The third-order valence-electron chi connectivity index (χ3n) is 4.57. The second-order valence-electron chi connectivity index (χ2n) is 6.33. The van der Waals surface area contributed by atoms with Crippen molar-refractivity contribution >= 4 is 11.1 Å². The Labute approximate surface area is 133 Å². The van der Waals surface area contributed by atoms with Crippen molar-refractivity contribution in [1.29, 1.82) is 0 Å². The predicted octanol–water partition coefficient (Wildman–Crippen LogP) is 2.58. The van der Waals surface area contributed by atoms with Crippen LogP contribution in [-0.4, -0.2) is 14.8 Å². The Morgan fingerprint density at radius 2 is 2.30 bits per heavy atom. The van der Waals surface area contributed by atoms with Crippen LogP contribution in [0.15, 0.2) is 33.6 Å². The van der Waals surface area contributed by atoms with Gasteiger partial charge in [0.1, 0.15) is 0 Å². The van der Waals surface area contributed by atoms with Gasteiger partial charge < -0.3 is 9.73 Å². The van der Waals surface area contributed by atoms with Gasteiger partial charge in [-0.05, 0) is 37.5 Å². The van der Waals surface area contributed by atoms with Gasteiger partial charge in [0.2, 0.25) is 0 Å². The van der Waals surface area contributed by atoms with Crippen LogP contribution in [0.1, 0.15) is 48.5 Å². The van der Waals surface area contributed by atoms with Gasteiger partial charge in [-0.3, -0.25) is 9.67 Å². The van der Waals surface area contributed by atoms with Crippen LogP contribution in [0.4, 0.5) is 0 Å². The highest BCUT2D eigenvalue weighted by Gasteiger charge is 2.29. The number of H-pyrrole nitrogens is 1. The smallest absolute Gasteiger partial charge is 0.408 e. The Kier molecular flexibility index (Phi) is 3.34. The van der Waals surface area contributed by atoms with Crippen LogP contribution in [0.3, 0.4) is 0 Å². The molecule has 0 radical (unpaired) electrons. The maximum absolute atomic E-state index is 11.2. The minimum absolute atomic E-state index is 0.159. The van der Waals surface area contributed by atoms with E-state index in [0.29, 0.717) is 11.5 Å². The Bertz CT molecular complexity index is 901. The first-order chi connectivity index (χ1) is 11.1. The minimum Gasteiger partial charge on any atom is -0.408 e. The zero-order chi connectivity index (χ0) is 16.0. The molecule has 120 valence electrons. The number of rotatable bonds is 5. The molecule has 0 spiro atoms. The third kappa shape index (κ3) is 2.70. The summed E-state index contributed by atoms with van der Waals surface area (Å²) in [5, 5.41) is 7.93. The summed E-state index contributed by atoms with van der Waals surface area (Å²) in [5.74, 6) is 0.266. The summed E-state index contributed by atoms with van der Waals surface area (Å²) in [7, 11) is 2.02. The molecule has 1 unspecified atom stereocenters. The molecule has 2 aromatic heterocycles. The van der Waals surface area contributed by atoms with Crippen molar-refractivity contribution in [3.63, 3.8) is 0 Å². The van der Waals surface area contributed by atoms with E-state index in [1.165, 1.54) is 24.1 Å². The van der Waals surface area contributed by atoms with Crippen LogP contribution >= 0.6 is 0 Å². The summed E-state index contributed by atoms with van der Waals surface area (Å²) in [5.41, 5.74) is 5.06. The highest BCUT2D eigenvalue weighted by Crippen LogP contribution is 2.41. The van der Waals surface area contributed by atoms with Gasteiger partial charge in [0.15, 0.2) is 5.58 Å². The fourth-order valence-electron chi connectivity index (χ4n) is 3.12. The monoisotopic (exact) mass is 312 g/mol. The van der Waals surface area contributed by atoms with E-state index in [1.807, 2.05) is 36.1 Å². The zero-order valence-electron chi connectivity index (χ0n) is 13.3. The molecule has 6 nitrogen and oxygen atoms in total. The predicted molar refractivity (Wildman–Crippen MR) is 87.3 cm³/mol. The van der Waals surface area contributed by atoms with E-state index in [9.17, 15) is 4.79 Å². The van der Waals surface area contributed by atoms with E-state index < -0.39 is 5.76 Å². The van der Waals surface area contributed by atoms with Crippen molar-refractivity contribution < 1.29 is 4.42 Å². The van der Waals surface area contributed by atoms with Crippen molar-refractivity contribution in [2.24, 2.45) is 7.05 Å². The highest BCUT2D eigenvalue weighted by molar-refractivity contribution is 5.72. The van der Waals surface area contributed by atoms with Gasteiger partial charge in [0, 0.05) is 36.8 Å². The summed E-state index contributed by atoms with van der Waals surface area (Å²) in [6.07, 6.45) is 4.50. The normalized spacial score (nSPS) is 16.1. The lowest BCUT2D eigenvalue weighted by molar-refractivity contribution is 0.549. The number of fused-ring (bicyclic) bond motifs is 1. The summed E-state index contributed by atoms with van der Waals surface area (Å²) in [6, 6.07) is 5.96. The van der Waals surface area contributed by atoms with Gasteiger partial charge in [0.25, 0.3) is 0 Å². The number of nitrogens with one attached hydrogen (secondary N) is 2. The molecular weight excluding hydrogens is 292 g/mol. The molecule has 0 aliphatic heterocycles. The minimum atomic E-state index is -0.415. The highest BCUT2D eigenvalue weighted by atomic mass is 16.4. The van der Waals surface area contributed by atoms with Crippen molar-refractivity contribution in [3.05, 3.63) is 51.8 Å². The first-order valence-corrected chi connectivity index (χ1v) is 7.99. The standard InChI is InChI=1S/C17H20N4O2/c1-10(12-5-6-14-15(7-12)23-17(22)20-14)18-8-13-9-19-21(2)16(13)11-3-4-11/h5-7,9-11,18H,3-4,8H2,1-2H3,(H,20,22). The quantitative estimate of drug-likeness (QED) is 0.759. The number of nitrogens with zero attached hydrogens (tertiary/aromatic N) is 2. The van der Waals surface area contributed by atoms with E-state index in [1.54, 1.807) is 0 Å². The second-order valence-corrected chi connectivity index (χ2v) is 6.33. The third-order valence-corrected chi connectivity index (χ3v) is 4.57. The summed E-state index contributed by atoms with van der Waals surface area (Å²) in [6.45, 7) is 2.90. The molecule has 0 bridgehead atoms. The van der Waals surface area contributed by atoms with E-state index in [-0.39, 0.29) is 6.04 Å². The van der Waals surface area contributed by atoms with E-state index in [0.717, 1.165) is 17.6 Å². The van der Waals surface area contributed by atoms with Crippen LogP contribution in [0.5, 0.6) is 0 Å². The first-order valence-electron chi connectivity index (χ1n) is 7.99. The molecule has 6 heteroatoms. The van der Waals surface area contributed by atoms with Gasteiger partial charge in [-0.25, -0.2) is 4.79 Å². The van der Waals surface area contributed by atoms with Crippen LogP contribution in [0.25, 0.3) is 11.1 Å². The van der Waals surface area contributed by atoms with Crippen LogP contribution < -0.4 is 11.1 Å². The molecule has 1 fully saturated rings. The van der Waals surface area contributed by atoms with Gasteiger partial charge >= 0.3 is 5.76 Å². The number of benzene rings is 1. The molecule has 3 aromatic rings. The Morgan fingerprint density at radius 1 is 1.48 bits per heavy atom. The topological polar surface area (TPSA) is 75.8 Å². The first kappa shape index (κ1) is 14.3. The molecule has 1 atom stereocenters. The molecule has 4 rings (SSSR count). The lowest BCUT2D eigenvalue weighted by Gasteiger charge is -2.14. The van der Waals surface area contributed by atoms with Gasteiger partial charge in [-0.15, -0.1) is 0 Å². The maximum Gasteiger partial charge on any atom is 0.417 e. The number of hydrogen-bond donors (Lipinski definition) is 2. The van der Waals surface area contributed by atoms with E-state index in [2.05, 4.69) is 22.3 Å². The van der Waals surface area contributed by atoms with Crippen molar-refractivity contribution in [2.45, 2.75) is 38.3 Å². The molecule has 1 saturated carbocycles. The fraction of sp³-hybridized carbons (Fsp3) is 0.412. The SMILES string of the molecule is CC(NCc1cnn(C)c1C1CC1)c1ccc2[nH]c(=O)oc2c1. The second kappa shape index (κ2) is 5.38. The van der Waals surface area contributed by atoms with E-state index in [4.69, 9.17) is 4.42 Å². The fourth-order valence-corrected chi connectivity index (χ4v) is 3.12. The van der Waals surface area contributed by atoms with Gasteiger partial charge in [-0.2, -0.15) is 5.10 Å². The zero-order valence-corrected chi connectivity index (χ0v) is 13.3. The molecule has 1 aliphatic rings. The van der Waals surface area contributed by atoms with Gasteiger partial charge in [-0.1, -0.05) is 6.07 Å². The van der Waals surface area contributed by atoms with Crippen molar-refractivity contribution in [2.75, 3.05) is 0 Å². The average molecular weight is 312 g/mol. The molecule has 0 amide bonds. The summed E-state index contributed by atoms with van der Waals surface area (Å²) in [4.78, 5) is 13.9. The Balaban J connectivity index is 1.50. The Hall–Kier alpha value is -2.34. The summed E-state index contributed by atoms with van der Waals surface area (Å²) >= 11 is 0. The largest absolute Gasteiger partial charge is 0.417 e. The maximum atomic E-state index is 11.2. The van der Waals surface area contributed by atoms with Crippen LogP contribution in [0, 0.1) is 0 Å². The van der Waals surface area contributed by atoms with Crippen LogP contribution in [0.2, 0.25) is 0 Å². The van der Waals surface area contributed by atoms with Crippen molar-refractivity contribution in [1.82, 2.24) is 20.1 Å². The molecule has 23 heavy (non-hydrogen) atoms. The number of aryl methyl sites for hydroxylation is 1. The number of aromatic amines is 1. The molecular formula is C17H20N4O2. The number of aromatic nitrogens is 3. The van der Waals surface area contributed by atoms with Crippen molar-refractivity contribution in [3.8, 4) is 0 Å². The lowest BCUT2D eigenvalue weighted by Crippen LogP contribution is -2.18. The molecule has 1 aliphatic carbocycles. The lowest BCUT2D eigenvalue weighted by atomic mass is 10.1. The Morgan fingerprint density at radius 3 is 3.09 bits per heavy atom. The number of oxazole rings is 1. The van der Waals surface area contributed by atoms with Gasteiger partial charge in [0.05, 0.1) is 11.7 Å². The molecule has 2 N–H and O–H groups in total. The number of hydrogen-bond acceptors (Lipinski definition) is 4.